The van der Waals surface area contributed by atoms with Crippen molar-refractivity contribution in [2.45, 2.75) is 59.4 Å². The van der Waals surface area contributed by atoms with Crippen LogP contribution in [-0.2, 0) is 17.8 Å². The van der Waals surface area contributed by atoms with Crippen molar-refractivity contribution in [1.29, 1.82) is 0 Å². The summed E-state index contributed by atoms with van der Waals surface area (Å²) in [6.07, 6.45) is 8.59. The highest BCUT2D eigenvalue weighted by Crippen LogP contribution is 1.99. The first-order chi connectivity index (χ1) is 8.61. The highest BCUT2D eigenvalue weighted by molar-refractivity contribution is 5.60. The molecule has 0 aliphatic carbocycles. The Labute approximate surface area is 110 Å². The molecule has 0 amide bonds. The summed E-state index contributed by atoms with van der Waals surface area (Å²) >= 11 is 0. The van der Waals surface area contributed by atoms with E-state index in [1.165, 1.54) is 44.3 Å². The van der Waals surface area contributed by atoms with Crippen molar-refractivity contribution >= 4 is 5.97 Å². The molecule has 1 heterocycles. The van der Waals surface area contributed by atoms with Crippen LogP contribution in [0.1, 0.15) is 52.1 Å². The number of aryl methyl sites for hydroxylation is 2. The Hall–Kier alpha value is -1.38. The SMILES string of the molecule is CC(=O)[O-].CCCCC[n+]1ccccc1CCC. The van der Waals surface area contributed by atoms with Gasteiger partial charge >= 0.3 is 0 Å². The third kappa shape index (κ3) is 8.74. The van der Waals surface area contributed by atoms with E-state index in [1.54, 1.807) is 0 Å². The fraction of sp³-hybridized carbons (Fsp3) is 0.600. The van der Waals surface area contributed by atoms with E-state index in [9.17, 15) is 0 Å². The maximum absolute atomic E-state index is 8.89. The van der Waals surface area contributed by atoms with Crippen LogP contribution in [0.4, 0.5) is 0 Å². The number of pyridine rings is 1. The maximum atomic E-state index is 8.89. The Morgan fingerprint density at radius 3 is 2.44 bits per heavy atom. The summed E-state index contributed by atoms with van der Waals surface area (Å²) in [5, 5.41) is 8.89. The topological polar surface area (TPSA) is 44.0 Å². The first kappa shape index (κ1) is 16.6. The molecule has 3 nitrogen and oxygen atoms in total. The lowest BCUT2D eigenvalue weighted by atomic mass is 10.2. The summed E-state index contributed by atoms with van der Waals surface area (Å²) < 4.78 is 2.40. The lowest BCUT2D eigenvalue weighted by Crippen LogP contribution is -2.37. The molecule has 0 radical (unpaired) electrons. The van der Waals surface area contributed by atoms with Gasteiger partial charge in [-0.25, -0.2) is 4.57 Å². The third-order valence-electron chi connectivity index (χ3n) is 2.54. The molecule has 0 aromatic carbocycles. The van der Waals surface area contributed by atoms with E-state index in [2.05, 4.69) is 42.8 Å². The standard InChI is InChI=1S/C13H22N.C2H4O2/c1-3-5-7-11-14-12-8-6-10-13(14)9-4-2;1-2(3)4/h6,8,10,12H,3-5,7,9,11H2,1-2H3;1H3,(H,3,4)/q+1;/p-1. The Morgan fingerprint density at radius 2 is 1.89 bits per heavy atom. The molecule has 1 aromatic rings. The Bertz CT molecular complexity index is 333. The summed E-state index contributed by atoms with van der Waals surface area (Å²) in [5.41, 5.74) is 1.48. The number of nitrogens with zero attached hydrogens (tertiary/aromatic N) is 1. The van der Waals surface area contributed by atoms with Gasteiger partial charge in [-0.15, -0.1) is 0 Å². The summed E-state index contributed by atoms with van der Waals surface area (Å²) in [7, 11) is 0. The number of rotatable bonds is 6. The summed E-state index contributed by atoms with van der Waals surface area (Å²) in [4.78, 5) is 8.89. The van der Waals surface area contributed by atoms with Gasteiger partial charge in [0.25, 0.3) is 0 Å². The van der Waals surface area contributed by atoms with Gasteiger partial charge < -0.3 is 9.90 Å². The number of aliphatic carboxylic acids is 1. The second kappa shape index (κ2) is 10.8. The van der Waals surface area contributed by atoms with Crippen LogP contribution in [0.3, 0.4) is 0 Å². The molecule has 1 rings (SSSR count). The molecule has 0 bridgehead atoms. The van der Waals surface area contributed by atoms with Crippen LogP contribution in [0.25, 0.3) is 0 Å². The minimum atomic E-state index is -1.08. The van der Waals surface area contributed by atoms with Gasteiger partial charge in [-0.05, 0) is 19.8 Å². The molecule has 3 heteroatoms. The monoisotopic (exact) mass is 251 g/mol. The fourth-order valence-corrected chi connectivity index (χ4v) is 1.75. The second-order valence-electron chi connectivity index (χ2n) is 4.33. The lowest BCUT2D eigenvalue weighted by molar-refractivity contribution is -0.704. The molecule has 0 N–H and O–H groups in total. The van der Waals surface area contributed by atoms with E-state index in [0.29, 0.717) is 0 Å². The predicted octanol–water partition coefficient (Wildman–Crippen LogP) is 1.87. The van der Waals surface area contributed by atoms with Crippen LogP contribution in [0, 0.1) is 0 Å². The first-order valence-electron chi connectivity index (χ1n) is 6.76. The normalized spacial score (nSPS) is 9.50. The molecule has 0 saturated carbocycles. The van der Waals surface area contributed by atoms with Gasteiger partial charge in [-0.3, -0.25) is 0 Å². The predicted molar refractivity (Wildman–Crippen MR) is 70.8 cm³/mol. The molecule has 102 valence electrons. The summed E-state index contributed by atoms with van der Waals surface area (Å²) in [6, 6.07) is 6.52. The van der Waals surface area contributed by atoms with E-state index < -0.39 is 5.97 Å². The number of carboxylic acids is 1. The van der Waals surface area contributed by atoms with Crippen LogP contribution >= 0.6 is 0 Å². The number of carbonyl (C=O) groups is 1. The van der Waals surface area contributed by atoms with Gasteiger partial charge in [0.05, 0.1) is 0 Å². The number of aromatic nitrogens is 1. The van der Waals surface area contributed by atoms with Crippen LogP contribution in [0.2, 0.25) is 0 Å². The Kier molecular flexibility index (Phi) is 9.93. The van der Waals surface area contributed by atoms with E-state index >= 15 is 0 Å². The second-order valence-corrected chi connectivity index (χ2v) is 4.33. The highest BCUT2D eigenvalue weighted by atomic mass is 16.4. The third-order valence-corrected chi connectivity index (χ3v) is 2.54. The average Bonchev–Trinajstić information content (AvgIpc) is 2.31. The van der Waals surface area contributed by atoms with Gasteiger partial charge in [0, 0.05) is 30.9 Å². The Morgan fingerprint density at radius 1 is 1.22 bits per heavy atom. The molecule has 0 atom stereocenters. The molecule has 0 unspecified atom stereocenters. The smallest absolute Gasteiger partial charge is 0.181 e. The summed E-state index contributed by atoms with van der Waals surface area (Å²) in [6.45, 7) is 6.65. The molecule has 0 fully saturated rings. The van der Waals surface area contributed by atoms with E-state index in [4.69, 9.17) is 9.90 Å². The van der Waals surface area contributed by atoms with E-state index in [0.717, 1.165) is 6.92 Å². The lowest BCUT2D eigenvalue weighted by Gasteiger charge is -2.01. The highest BCUT2D eigenvalue weighted by Gasteiger charge is 2.06. The first-order valence-corrected chi connectivity index (χ1v) is 6.76. The van der Waals surface area contributed by atoms with Crippen LogP contribution in [0.15, 0.2) is 24.4 Å². The zero-order valence-electron chi connectivity index (χ0n) is 11.8. The maximum Gasteiger partial charge on any atom is 0.181 e. The van der Waals surface area contributed by atoms with Crippen molar-refractivity contribution in [3.8, 4) is 0 Å². The van der Waals surface area contributed by atoms with Gasteiger partial charge in [-0.2, -0.15) is 0 Å². The molecule has 0 aliphatic rings. The van der Waals surface area contributed by atoms with Crippen molar-refractivity contribution in [2.24, 2.45) is 0 Å². The van der Waals surface area contributed by atoms with Crippen molar-refractivity contribution in [3.05, 3.63) is 30.1 Å². The molecule has 0 spiro atoms. The van der Waals surface area contributed by atoms with Gasteiger partial charge in [0.1, 0.15) is 6.54 Å². The fourth-order valence-electron chi connectivity index (χ4n) is 1.75. The van der Waals surface area contributed by atoms with Crippen LogP contribution < -0.4 is 9.67 Å². The molecule has 0 aliphatic heterocycles. The zero-order chi connectivity index (χ0) is 13.8. The van der Waals surface area contributed by atoms with Crippen molar-refractivity contribution in [1.82, 2.24) is 0 Å². The molecular weight excluding hydrogens is 226 g/mol. The minimum absolute atomic E-state index is 0.972. The van der Waals surface area contributed by atoms with Crippen LogP contribution in [0.5, 0.6) is 0 Å². The van der Waals surface area contributed by atoms with Gasteiger partial charge in [0.15, 0.2) is 11.9 Å². The van der Waals surface area contributed by atoms with Gasteiger partial charge in [0.2, 0.25) is 0 Å². The average molecular weight is 251 g/mol. The molecular formula is C15H25NO2. The Balaban J connectivity index is 0.000000631. The van der Waals surface area contributed by atoms with Crippen molar-refractivity contribution in [2.75, 3.05) is 0 Å². The number of carbonyl (C=O) groups excluding carboxylic acids is 1. The molecule has 1 aromatic heterocycles. The summed E-state index contributed by atoms with van der Waals surface area (Å²) in [5.74, 6) is -1.08. The largest absolute Gasteiger partial charge is 0.550 e. The number of hydrogen-bond donors (Lipinski definition) is 0. The quantitative estimate of drug-likeness (QED) is 0.572. The van der Waals surface area contributed by atoms with Crippen molar-refractivity contribution in [3.63, 3.8) is 0 Å². The number of carboxylic acid groups (broad SMARTS) is 1. The molecule has 18 heavy (non-hydrogen) atoms. The number of hydrogen-bond acceptors (Lipinski definition) is 2. The zero-order valence-corrected chi connectivity index (χ0v) is 11.8. The minimum Gasteiger partial charge on any atom is -0.550 e. The van der Waals surface area contributed by atoms with Crippen molar-refractivity contribution < 1.29 is 14.5 Å². The molecule has 0 saturated heterocycles. The number of unbranched alkanes of at least 4 members (excludes halogenated alkanes) is 2. The van der Waals surface area contributed by atoms with Gasteiger partial charge in [-0.1, -0.05) is 26.3 Å². The van der Waals surface area contributed by atoms with E-state index in [-0.39, 0.29) is 0 Å². The van der Waals surface area contributed by atoms with Crippen LogP contribution in [-0.4, -0.2) is 5.97 Å². The van der Waals surface area contributed by atoms with E-state index in [1.807, 2.05) is 0 Å².